The van der Waals surface area contributed by atoms with Gasteiger partial charge in [0.1, 0.15) is 18.0 Å². The zero-order chi connectivity index (χ0) is 23.5. The van der Waals surface area contributed by atoms with E-state index in [9.17, 15) is 14.3 Å². The molecular weight excluding hydrogens is 417 g/mol. The molecule has 1 aliphatic carbocycles. The number of ketones is 1. The Morgan fingerprint density at radius 1 is 1.18 bits per heavy atom. The SMILES string of the molecule is CCCCC(O)C(CC1CC1)C(=O)C1N=C(c2ccccc2F)c2ccccc2N(C)C1N. The van der Waals surface area contributed by atoms with E-state index in [0.717, 1.165) is 36.9 Å². The van der Waals surface area contributed by atoms with Crippen LogP contribution in [0.1, 0.15) is 56.6 Å². The van der Waals surface area contributed by atoms with Gasteiger partial charge in [-0.15, -0.1) is 0 Å². The standard InChI is InChI=1S/C27H34FN3O2/c1-3-4-13-23(32)20(16-17-14-15-17)26(33)25-27(29)31(2)22-12-8-6-10-19(22)24(30-25)18-9-5-7-11-21(18)28/h5-12,17,20,23,25,27,32H,3-4,13-16,29H2,1-2H3. The van der Waals surface area contributed by atoms with E-state index >= 15 is 0 Å². The molecule has 4 atom stereocenters. The second-order valence-corrected chi connectivity index (χ2v) is 9.42. The Bertz CT molecular complexity index is 1020. The predicted octanol–water partition coefficient (Wildman–Crippen LogP) is 4.30. The summed E-state index contributed by atoms with van der Waals surface area (Å²) in [4.78, 5) is 20.6. The first-order valence-corrected chi connectivity index (χ1v) is 12.0. The van der Waals surface area contributed by atoms with Crippen LogP contribution >= 0.6 is 0 Å². The molecule has 0 bridgehead atoms. The monoisotopic (exact) mass is 451 g/mol. The molecule has 176 valence electrons. The lowest BCUT2D eigenvalue weighted by molar-refractivity contribution is -0.128. The highest BCUT2D eigenvalue weighted by Gasteiger charge is 2.41. The molecule has 1 aliphatic heterocycles. The van der Waals surface area contributed by atoms with E-state index < -0.39 is 30.0 Å². The van der Waals surface area contributed by atoms with E-state index in [-0.39, 0.29) is 5.78 Å². The number of anilines is 1. The second kappa shape index (κ2) is 10.1. The fraction of sp³-hybridized carbons (Fsp3) is 0.481. The molecule has 2 aromatic rings. The summed E-state index contributed by atoms with van der Waals surface area (Å²) in [6.45, 7) is 2.07. The number of benzodiazepines with no additional fused rings is 1. The van der Waals surface area contributed by atoms with Crippen LogP contribution in [0.4, 0.5) is 10.1 Å². The minimum atomic E-state index is -0.906. The number of Topliss-reactive ketones (excluding diaryl/α,β-unsaturated/α-hetero) is 1. The molecule has 5 nitrogen and oxygen atoms in total. The first-order valence-electron chi connectivity index (χ1n) is 12.0. The first-order chi connectivity index (χ1) is 15.9. The van der Waals surface area contributed by atoms with Crippen LogP contribution in [0, 0.1) is 17.7 Å². The largest absolute Gasteiger partial charge is 0.392 e. The van der Waals surface area contributed by atoms with Gasteiger partial charge in [0.05, 0.1) is 11.8 Å². The quantitative estimate of drug-likeness (QED) is 0.596. The van der Waals surface area contributed by atoms with Crippen molar-refractivity contribution in [2.24, 2.45) is 22.6 Å². The fourth-order valence-electron chi connectivity index (χ4n) is 4.75. The lowest BCUT2D eigenvalue weighted by atomic mass is 9.85. The molecule has 4 rings (SSSR count). The smallest absolute Gasteiger partial charge is 0.166 e. The maximum atomic E-state index is 14.9. The average Bonchev–Trinajstić information content (AvgIpc) is 3.66. The minimum absolute atomic E-state index is 0.147. The Morgan fingerprint density at radius 3 is 2.52 bits per heavy atom. The molecule has 0 radical (unpaired) electrons. The number of aliphatic imine (C=N–C) groups is 1. The number of rotatable bonds is 9. The van der Waals surface area contributed by atoms with Crippen LogP contribution in [0.5, 0.6) is 0 Å². The van der Waals surface area contributed by atoms with Crippen LogP contribution in [0.2, 0.25) is 0 Å². The van der Waals surface area contributed by atoms with Crippen LogP contribution in [0.3, 0.4) is 0 Å². The molecule has 2 aliphatic rings. The third kappa shape index (κ3) is 5.02. The van der Waals surface area contributed by atoms with E-state index in [1.54, 1.807) is 18.2 Å². The molecule has 1 fully saturated rings. The fourth-order valence-corrected chi connectivity index (χ4v) is 4.75. The topological polar surface area (TPSA) is 78.9 Å². The number of aliphatic hydroxyl groups is 1. The summed E-state index contributed by atoms with van der Waals surface area (Å²) >= 11 is 0. The summed E-state index contributed by atoms with van der Waals surface area (Å²) in [6, 6.07) is 13.1. The van der Waals surface area contributed by atoms with Gasteiger partial charge < -0.3 is 15.7 Å². The highest BCUT2D eigenvalue weighted by molar-refractivity contribution is 6.17. The van der Waals surface area contributed by atoms with Gasteiger partial charge in [-0.1, -0.05) is 62.9 Å². The lowest BCUT2D eigenvalue weighted by Gasteiger charge is -2.32. The molecule has 1 saturated carbocycles. The van der Waals surface area contributed by atoms with Gasteiger partial charge in [-0.05, 0) is 37.0 Å². The van der Waals surface area contributed by atoms with Gasteiger partial charge in [-0.25, -0.2) is 4.39 Å². The number of nitrogens with zero attached hydrogens (tertiary/aromatic N) is 2. The number of carbonyl (C=O) groups is 1. The Labute approximate surface area is 195 Å². The van der Waals surface area contributed by atoms with Crippen molar-refractivity contribution in [2.75, 3.05) is 11.9 Å². The summed E-state index contributed by atoms with van der Waals surface area (Å²) in [5, 5.41) is 11.0. The van der Waals surface area contributed by atoms with E-state index in [2.05, 4.69) is 6.92 Å². The molecule has 2 aromatic carbocycles. The normalized spacial score (nSPS) is 22.2. The number of aliphatic hydroxyl groups excluding tert-OH is 1. The van der Waals surface area contributed by atoms with Crippen molar-refractivity contribution in [1.82, 2.24) is 0 Å². The Hall–Kier alpha value is -2.57. The number of nitrogens with two attached hydrogens (primary N) is 1. The van der Waals surface area contributed by atoms with Crippen LogP contribution < -0.4 is 10.6 Å². The molecule has 0 amide bonds. The van der Waals surface area contributed by atoms with Crippen LogP contribution in [0.25, 0.3) is 0 Å². The summed E-state index contributed by atoms with van der Waals surface area (Å²) in [6.07, 6.45) is 3.82. The van der Waals surface area contributed by atoms with Crippen LogP contribution in [-0.4, -0.2) is 42.0 Å². The van der Waals surface area contributed by atoms with E-state index in [0.29, 0.717) is 30.0 Å². The number of hydrogen-bond acceptors (Lipinski definition) is 5. The summed E-state index contributed by atoms with van der Waals surface area (Å²) in [5.41, 5.74) is 8.93. The molecule has 0 aromatic heterocycles. The van der Waals surface area contributed by atoms with Crippen molar-refractivity contribution in [3.63, 3.8) is 0 Å². The molecule has 3 N–H and O–H groups in total. The van der Waals surface area contributed by atoms with Crippen molar-refractivity contribution < 1.29 is 14.3 Å². The number of fused-ring (bicyclic) bond motifs is 1. The maximum absolute atomic E-state index is 14.9. The minimum Gasteiger partial charge on any atom is -0.392 e. The molecule has 33 heavy (non-hydrogen) atoms. The number of hydrogen-bond donors (Lipinski definition) is 2. The van der Waals surface area contributed by atoms with E-state index in [4.69, 9.17) is 10.7 Å². The predicted molar refractivity (Wildman–Crippen MR) is 130 cm³/mol. The van der Waals surface area contributed by atoms with Gasteiger partial charge in [0.2, 0.25) is 0 Å². The molecule has 4 unspecified atom stereocenters. The van der Waals surface area contributed by atoms with Gasteiger partial charge in [-0.2, -0.15) is 0 Å². The zero-order valence-electron chi connectivity index (χ0n) is 19.5. The lowest BCUT2D eigenvalue weighted by Crippen LogP contribution is -2.53. The van der Waals surface area contributed by atoms with Crippen molar-refractivity contribution in [3.05, 3.63) is 65.5 Å². The number of benzene rings is 2. The summed E-state index contributed by atoms with van der Waals surface area (Å²) < 4.78 is 14.9. The molecule has 1 heterocycles. The number of unbranched alkanes of at least 4 members (excludes halogenated alkanes) is 1. The van der Waals surface area contributed by atoms with E-state index in [1.165, 1.54) is 6.07 Å². The van der Waals surface area contributed by atoms with Crippen LogP contribution in [0.15, 0.2) is 53.5 Å². The van der Waals surface area contributed by atoms with Crippen molar-refractivity contribution in [3.8, 4) is 0 Å². The van der Waals surface area contributed by atoms with Gasteiger partial charge in [0, 0.05) is 29.8 Å². The van der Waals surface area contributed by atoms with Gasteiger partial charge in [-0.3, -0.25) is 9.79 Å². The first kappa shape index (κ1) is 23.6. The third-order valence-corrected chi connectivity index (χ3v) is 6.97. The molecule has 6 heteroatoms. The van der Waals surface area contributed by atoms with Crippen LogP contribution in [-0.2, 0) is 4.79 Å². The van der Waals surface area contributed by atoms with E-state index in [1.807, 2.05) is 36.2 Å². The molecule has 0 spiro atoms. The van der Waals surface area contributed by atoms with Gasteiger partial charge in [0.15, 0.2) is 5.78 Å². The molecular formula is C27H34FN3O2. The Balaban J connectivity index is 1.78. The third-order valence-electron chi connectivity index (χ3n) is 6.97. The van der Waals surface area contributed by atoms with Crippen molar-refractivity contribution >= 4 is 17.2 Å². The zero-order valence-corrected chi connectivity index (χ0v) is 19.5. The number of para-hydroxylation sites is 1. The highest BCUT2D eigenvalue weighted by atomic mass is 19.1. The Kier molecular flexibility index (Phi) is 7.25. The summed E-state index contributed by atoms with van der Waals surface area (Å²) in [5.74, 6) is -0.582. The second-order valence-electron chi connectivity index (χ2n) is 9.42. The number of likely N-dealkylation sites (N-methyl/N-ethyl adjacent to an activating group) is 1. The maximum Gasteiger partial charge on any atom is 0.166 e. The van der Waals surface area contributed by atoms with Gasteiger partial charge in [0.25, 0.3) is 0 Å². The average molecular weight is 452 g/mol. The van der Waals surface area contributed by atoms with Gasteiger partial charge >= 0.3 is 0 Å². The highest BCUT2D eigenvalue weighted by Crippen LogP contribution is 2.38. The number of carbonyl (C=O) groups excluding carboxylic acids is 1. The summed E-state index contributed by atoms with van der Waals surface area (Å²) in [7, 11) is 1.84. The number of halogens is 1. The van der Waals surface area contributed by atoms with Crippen molar-refractivity contribution in [1.29, 1.82) is 0 Å². The molecule has 0 saturated heterocycles. The Morgan fingerprint density at radius 2 is 1.85 bits per heavy atom. The van der Waals surface area contributed by atoms with Crippen molar-refractivity contribution in [2.45, 2.75) is 63.8 Å².